The molecule has 0 unspecified atom stereocenters. The quantitative estimate of drug-likeness (QED) is 0.569. The van der Waals surface area contributed by atoms with Crippen LogP contribution >= 0.6 is 0 Å². The Hall–Kier alpha value is -2.95. The van der Waals surface area contributed by atoms with Crippen LogP contribution in [0.25, 0.3) is 5.82 Å². The minimum atomic E-state index is -3.59. The molecule has 4 heterocycles. The summed E-state index contributed by atoms with van der Waals surface area (Å²) in [6.45, 7) is 8.65. The van der Waals surface area contributed by atoms with E-state index in [0.717, 1.165) is 17.1 Å². The normalized spacial score (nSPS) is 17.2. The maximum absolute atomic E-state index is 13.3. The van der Waals surface area contributed by atoms with Crippen LogP contribution in [0.2, 0.25) is 0 Å². The summed E-state index contributed by atoms with van der Waals surface area (Å²) in [5.41, 5.74) is 2.17. The Morgan fingerprint density at radius 1 is 1.00 bits per heavy atom. The van der Waals surface area contributed by atoms with Crippen molar-refractivity contribution in [2.24, 2.45) is 0 Å². The third-order valence-electron chi connectivity index (χ3n) is 6.21. The fourth-order valence-corrected chi connectivity index (χ4v) is 5.85. The third-order valence-corrected chi connectivity index (χ3v) is 8.12. The number of amides is 1. The van der Waals surface area contributed by atoms with Crippen molar-refractivity contribution in [3.8, 4) is 5.82 Å². The Balaban J connectivity index is 1.37. The van der Waals surface area contributed by atoms with Crippen molar-refractivity contribution in [2.75, 3.05) is 26.3 Å². The van der Waals surface area contributed by atoms with Crippen LogP contribution in [0, 0.1) is 0 Å². The number of hydrogen-bond donors (Lipinski definition) is 0. The van der Waals surface area contributed by atoms with E-state index in [1.807, 2.05) is 33.8 Å². The van der Waals surface area contributed by atoms with Gasteiger partial charge in [0.2, 0.25) is 10.0 Å². The molecule has 0 N–H and O–H groups in total. The molecule has 1 fully saturated rings. The number of morpholine rings is 1. The highest BCUT2D eigenvalue weighted by Gasteiger charge is 2.34. The summed E-state index contributed by atoms with van der Waals surface area (Å²) in [4.78, 5) is 15.2. The zero-order valence-corrected chi connectivity index (χ0v) is 20.5. The second kappa shape index (κ2) is 8.37. The number of sulfonamides is 1. The average Bonchev–Trinajstić information content (AvgIpc) is 3.55. The molecule has 0 aliphatic carbocycles. The van der Waals surface area contributed by atoms with Crippen LogP contribution in [-0.4, -0.2) is 64.2 Å². The van der Waals surface area contributed by atoms with Crippen LogP contribution < -0.4 is 0 Å². The number of hydrogen-bond acceptors (Lipinski definition) is 5. The molecule has 2 aromatic heterocycles. The van der Waals surface area contributed by atoms with Gasteiger partial charge in [0.25, 0.3) is 5.91 Å². The molecule has 9 nitrogen and oxygen atoms in total. The molecule has 2 aliphatic heterocycles. The van der Waals surface area contributed by atoms with E-state index in [9.17, 15) is 13.2 Å². The van der Waals surface area contributed by atoms with E-state index >= 15 is 0 Å². The zero-order valence-electron chi connectivity index (χ0n) is 19.6. The lowest BCUT2D eigenvalue weighted by atomic mass is 10.1. The van der Waals surface area contributed by atoms with E-state index in [-0.39, 0.29) is 16.3 Å². The summed E-state index contributed by atoms with van der Waals surface area (Å²) in [5.74, 6) is 0.823. The molecule has 1 saturated heterocycles. The summed E-state index contributed by atoms with van der Waals surface area (Å²) < 4.78 is 36.5. The van der Waals surface area contributed by atoms with Gasteiger partial charge in [-0.3, -0.25) is 4.79 Å². The van der Waals surface area contributed by atoms with Gasteiger partial charge in [-0.25, -0.2) is 13.1 Å². The van der Waals surface area contributed by atoms with E-state index in [2.05, 4.69) is 20.8 Å². The van der Waals surface area contributed by atoms with E-state index in [4.69, 9.17) is 9.84 Å². The third kappa shape index (κ3) is 3.95. The van der Waals surface area contributed by atoms with Gasteiger partial charge in [-0.15, -0.1) is 0 Å². The van der Waals surface area contributed by atoms with Gasteiger partial charge in [-0.05, 0) is 57.2 Å². The van der Waals surface area contributed by atoms with Gasteiger partial charge in [0, 0.05) is 36.6 Å². The minimum Gasteiger partial charge on any atom is -0.379 e. The predicted octanol–water partition coefficient (Wildman–Crippen LogP) is 2.61. The van der Waals surface area contributed by atoms with Crippen LogP contribution in [0.3, 0.4) is 0 Å². The largest absolute Gasteiger partial charge is 0.379 e. The highest BCUT2D eigenvalue weighted by atomic mass is 32.2. The Labute approximate surface area is 199 Å². The molecule has 3 aromatic rings. The number of rotatable bonds is 4. The standard InChI is InChI=1S/C24H29N5O4S/c1-24(2,3)29-22(26-10-4-5-11-26)20-16-27(17-21(20)25-29)23(30)18-6-8-19(9-7-18)34(31,32)28-12-14-33-15-13-28/h4-11H,12-17H2,1-3H3. The maximum atomic E-state index is 13.3. The monoisotopic (exact) mass is 483 g/mol. The molecule has 1 amide bonds. The van der Waals surface area contributed by atoms with Gasteiger partial charge in [0.15, 0.2) is 0 Å². The number of carbonyl (C=O) groups is 1. The molecule has 0 spiro atoms. The molecule has 0 atom stereocenters. The van der Waals surface area contributed by atoms with E-state index in [1.165, 1.54) is 16.4 Å². The first-order chi connectivity index (χ1) is 16.2. The Morgan fingerprint density at radius 2 is 1.65 bits per heavy atom. The predicted molar refractivity (Wildman–Crippen MR) is 126 cm³/mol. The zero-order chi connectivity index (χ0) is 24.1. The number of fused-ring (bicyclic) bond motifs is 1. The number of benzene rings is 1. The summed E-state index contributed by atoms with van der Waals surface area (Å²) in [5, 5.41) is 4.85. The van der Waals surface area contributed by atoms with E-state index in [0.29, 0.717) is 45.0 Å². The summed E-state index contributed by atoms with van der Waals surface area (Å²) in [6, 6.07) is 10.1. The smallest absolute Gasteiger partial charge is 0.254 e. The van der Waals surface area contributed by atoms with Crippen LogP contribution in [0.5, 0.6) is 0 Å². The lowest BCUT2D eigenvalue weighted by molar-refractivity contribution is 0.0730. The fraction of sp³-hybridized carbons (Fsp3) is 0.417. The lowest BCUT2D eigenvalue weighted by Gasteiger charge is -2.26. The first-order valence-corrected chi connectivity index (χ1v) is 12.8. The number of aromatic nitrogens is 3. The second-order valence-corrected chi connectivity index (χ2v) is 11.6. The highest BCUT2D eigenvalue weighted by Crippen LogP contribution is 2.32. The highest BCUT2D eigenvalue weighted by molar-refractivity contribution is 7.89. The Bertz CT molecular complexity index is 1300. The molecule has 34 heavy (non-hydrogen) atoms. The van der Waals surface area contributed by atoms with E-state index in [1.54, 1.807) is 17.0 Å². The molecular formula is C24H29N5O4S. The van der Waals surface area contributed by atoms with Crippen molar-refractivity contribution in [1.29, 1.82) is 0 Å². The summed E-state index contributed by atoms with van der Waals surface area (Å²) in [7, 11) is -3.59. The molecule has 10 heteroatoms. The van der Waals surface area contributed by atoms with Crippen molar-refractivity contribution in [2.45, 2.75) is 44.3 Å². The number of ether oxygens (including phenoxy) is 1. The summed E-state index contributed by atoms with van der Waals surface area (Å²) >= 11 is 0. The van der Waals surface area contributed by atoms with Crippen molar-refractivity contribution >= 4 is 15.9 Å². The van der Waals surface area contributed by atoms with Crippen LogP contribution in [0.4, 0.5) is 0 Å². The topological polar surface area (TPSA) is 89.7 Å². The molecular weight excluding hydrogens is 454 g/mol. The molecule has 1 aromatic carbocycles. The van der Waals surface area contributed by atoms with Gasteiger partial charge in [-0.1, -0.05) is 0 Å². The SMILES string of the molecule is CC(C)(C)n1nc2c(c1-n1cccc1)CN(C(=O)c1ccc(S(=O)(=O)N3CCOCC3)cc1)C2. The molecule has 180 valence electrons. The second-order valence-electron chi connectivity index (χ2n) is 9.62. The Kier molecular flexibility index (Phi) is 5.62. The van der Waals surface area contributed by atoms with Crippen LogP contribution in [-0.2, 0) is 33.4 Å². The maximum Gasteiger partial charge on any atom is 0.254 e. The van der Waals surface area contributed by atoms with Crippen LogP contribution in [0.1, 0.15) is 42.4 Å². The average molecular weight is 484 g/mol. The summed E-state index contributed by atoms with van der Waals surface area (Å²) in [6.07, 6.45) is 3.97. The van der Waals surface area contributed by atoms with Gasteiger partial charge in [0.05, 0.1) is 42.4 Å². The first kappa shape index (κ1) is 22.8. The van der Waals surface area contributed by atoms with Crippen molar-refractivity contribution in [3.63, 3.8) is 0 Å². The van der Waals surface area contributed by atoms with Gasteiger partial charge < -0.3 is 14.2 Å². The minimum absolute atomic E-state index is 0.144. The van der Waals surface area contributed by atoms with Gasteiger partial charge in [-0.2, -0.15) is 9.40 Å². The Morgan fingerprint density at radius 3 is 2.26 bits per heavy atom. The van der Waals surface area contributed by atoms with Gasteiger partial charge >= 0.3 is 0 Å². The fourth-order valence-electron chi connectivity index (χ4n) is 4.44. The molecule has 0 saturated carbocycles. The number of carbonyl (C=O) groups excluding carboxylic acids is 1. The van der Waals surface area contributed by atoms with Crippen molar-refractivity contribution in [1.82, 2.24) is 23.6 Å². The van der Waals surface area contributed by atoms with Crippen molar-refractivity contribution in [3.05, 3.63) is 65.6 Å². The van der Waals surface area contributed by atoms with Gasteiger partial charge in [0.1, 0.15) is 5.82 Å². The lowest BCUT2D eigenvalue weighted by Crippen LogP contribution is -2.40. The van der Waals surface area contributed by atoms with Crippen molar-refractivity contribution < 1.29 is 17.9 Å². The molecule has 0 bridgehead atoms. The van der Waals surface area contributed by atoms with Crippen LogP contribution in [0.15, 0.2) is 53.7 Å². The number of nitrogens with zero attached hydrogens (tertiary/aromatic N) is 5. The molecule has 2 aliphatic rings. The van der Waals surface area contributed by atoms with E-state index < -0.39 is 10.0 Å². The molecule has 0 radical (unpaired) electrons. The first-order valence-electron chi connectivity index (χ1n) is 11.4. The molecule has 5 rings (SSSR count).